The van der Waals surface area contributed by atoms with Crippen LogP contribution < -0.4 is 10.2 Å². The molecule has 2 aliphatic heterocycles. The van der Waals surface area contributed by atoms with Crippen LogP contribution in [0.4, 0.5) is 10.5 Å². The van der Waals surface area contributed by atoms with Crippen LogP contribution in [0.3, 0.4) is 0 Å². The Balaban J connectivity index is 0.000000287. The van der Waals surface area contributed by atoms with Crippen LogP contribution in [-0.4, -0.2) is 49.4 Å². The van der Waals surface area contributed by atoms with E-state index in [2.05, 4.69) is 16.4 Å². The van der Waals surface area contributed by atoms with E-state index < -0.39 is 6.09 Å². The van der Waals surface area contributed by atoms with Crippen molar-refractivity contribution < 1.29 is 19.1 Å². The van der Waals surface area contributed by atoms with Crippen molar-refractivity contribution in [2.75, 3.05) is 31.2 Å². The number of hydrogen-bond donors (Lipinski definition) is 1. The molecule has 0 radical (unpaired) electrons. The number of hydrogen-bond acceptors (Lipinski definition) is 6. The highest BCUT2D eigenvalue weighted by molar-refractivity contribution is 5.90. The summed E-state index contributed by atoms with van der Waals surface area (Å²) in [7, 11) is 0. The topological polar surface area (TPSA) is 105 Å². The molecule has 0 saturated carbocycles. The van der Waals surface area contributed by atoms with E-state index >= 15 is 0 Å². The van der Waals surface area contributed by atoms with Crippen LogP contribution >= 0.6 is 0 Å². The highest BCUT2D eigenvalue weighted by Gasteiger charge is 2.32. The van der Waals surface area contributed by atoms with E-state index in [0.717, 1.165) is 23.4 Å². The molecule has 162 valence electrons. The lowest BCUT2D eigenvalue weighted by atomic mass is 10.0. The fourth-order valence-corrected chi connectivity index (χ4v) is 3.29. The Bertz CT molecular complexity index is 927. The minimum absolute atomic E-state index is 0.139. The smallest absolute Gasteiger partial charge is 0.414 e. The number of carbonyl (C=O) groups is 2. The molecule has 2 saturated heterocycles. The number of amides is 2. The molecule has 4 rings (SSSR count). The molecule has 2 aliphatic rings. The lowest BCUT2D eigenvalue weighted by molar-refractivity contribution is -0.119. The molecule has 2 fully saturated rings. The summed E-state index contributed by atoms with van der Waals surface area (Å²) >= 11 is 0. The normalized spacial score (nSPS) is 22.2. The third kappa shape index (κ3) is 6.03. The number of anilines is 1. The van der Waals surface area contributed by atoms with Crippen molar-refractivity contribution in [2.45, 2.75) is 20.0 Å². The number of aromatic nitrogens is 1. The number of nitriles is 1. The van der Waals surface area contributed by atoms with Crippen LogP contribution in [0.1, 0.15) is 13.8 Å². The number of ether oxygens (including phenoxy) is 2. The van der Waals surface area contributed by atoms with Gasteiger partial charge in [-0.3, -0.25) is 14.7 Å². The van der Waals surface area contributed by atoms with E-state index in [-0.39, 0.29) is 17.9 Å². The fraction of sp³-hybridized carbons (Fsp3) is 0.391. The first-order valence-electron chi connectivity index (χ1n) is 10.2. The molecular formula is C23H26N4O4. The Morgan fingerprint density at radius 1 is 1.26 bits per heavy atom. The molecule has 0 bridgehead atoms. The first-order valence-corrected chi connectivity index (χ1v) is 10.2. The Morgan fingerprint density at radius 2 is 2.03 bits per heavy atom. The Labute approximate surface area is 181 Å². The highest BCUT2D eigenvalue weighted by Crippen LogP contribution is 2.25. The lowest BCUT2D eigenvalue weighted by Gasteiger charge is -2.13. The van der Waals surface area contributed by atoms with Gasteiger partial charge in [-0.25, -0.2) is 4.79 Å². The van der Waals surface area contributed by atoms with Crippen LogP contribution in [0.2, 0.25) is 0 Å². The van der Waals surface area contributed by atoms with Gasteiger partial charge in [-0.1, -0.05) is 25.1 Å². The summed E-state index contributed by atoms with van der Waals surface area (Å²) in [6.07, 6.45) is 2.80. The van der Waals surface area contributed by atoms with E-state index in [4.69, 9.17) is 14.7 Å². The summed E-state index contributed by atoms with van der Waals surface area (Å²) in [5, 5.41) is 11.1. The monoisotopic (exact) mass is 422 g/mol. The van der Waals surface area contributed by atoms with Gasteiger partial charge >= 0.3 is 6.09 Å². The molecule has 1 aromatic heterocycles. The lowest BCUT2D eigenvalue weighted by Crippen LogP contribution is -2.33. The van der Waals surface area contributed by atoms with Gasteiger partial charge in [0.15, 0.2) is 0 Å². The van der Waals surface area contributed by atoms with Crippen molar-refractivity contribution in [1.29, 1.82) is 5.26 Å². The predicted octanol–water partition coefficient (Wildman–Crippen LogP) is 3.00. The van der Waals surface area contributed by atoms with Crippen molar-refractivity contribution in [2.24, 2.45) is 11.8 Å². The van der Waals surface area contributed by atoms with Crippen molar-refractivity contribution in [3.05, 3.63) is 48.8 Å². The minimum Gasteiger partial charge on any atom is -0.442 e. The fourth-order valence-electron chi connectivity index (χ4n) is 3.29. The maximum absolute atomic E-state index is 12.0. The van der Waals surface area contributed by atoms with Crippen LogP contribution in [0.25, 0.3) is 11.1 Å². The zero-order valence-corrected chi connectivity index (χ0v) is 17.7. The first-order chi connectivity index (χ1) is 15.0. The summed E-state index contributed by atoms with van der Waals surface area (Å²) in [5.41, 5.74) is 2.82. The third-order valence-corrected chi connectivity index (χ3v) is 5.16. The van der Waals surface area contributed by atoms with Gasteiger partial charge in [-0.2, -0.15) is 5.26 Å². The molecule has 0 aliphatic carbocycles. The number of cyclic esters (lactones) is 1. The Morgan fingerprint density at radius 3 is 2.58 bits per heavy atom. The summed E-state index contributed by atoms with van der Waals surface area (Å²) in [5.74, 6) is 0.454. The molecule has 2 aromatic rings. The molecule has 3 heterocycles. The molecule has 0 spiro atoms. The average Bonchev–Trinajstić information content (AvgIpc) is 3.38. The second kappa shape index (κ2) is 10.5. The van der Waals surface area contributed by atoms with Gasteiger partial charge in [-0.05, 0) is 35.2 Å². The highest BCUT2D eigenvalue weighted by atomic mass is 16.6. The van der Waals surface area contributed by atoms with Crippen LogP contribution in [0.15, 0.2) is 48.8 Å². The average molecular weight is 422 g/mol. The minimum atomic E-state index is -0.394. The van der Waals surface area contributed by atoms with Gasteiger partial charge in [0.25, 0.3) is 0 Å². The number of nitrogens with zero attached hydrogens (tertiary/aromatic N) is 3. The Hall–Kier alpha value is -3.44. The van der Waals surface area contributed by atoms with Gasteiger partial charge < -0.3 is 14.8 Å². The zero-order valence-electron chi connectivity index (χ0n) is 17.7. The second-order valence-electron chi connectivity index (χ2n) is 7.59. The van der Waals surface area contributed by atoms with Crippen LogP contribution in [0, 0.1) is 23.2 Å². The van der Waals surface area contributed by atoms with E-state index in [1.54, 1.807) is 17.3 Å². The SMILES string of the molecule is CC(=O)NCC1CN(c2ccc(-c3cccnc3)cc2)C(=O)O1.C[C@@H]1COCC1C#N. The number of carbonyl (C=O) groups excluding carboxylic acids is 2. The molecule has 31 heavy (non-hydrogen) atoms. The van der Waals surface area contributed by atoms with Crippen molar-refractivity contribution in [3.63, 3.8) is 0 Å². The molecule has 2 amide bonds. The number of benzene rings is 1. The summed E-state index contributed by atoms with van der Waals surface area (Å²) < 4.78 is 10.3. The van der Waals surface area contributed by atoms with Crippen LogP contribution in [-0.2, 0) is 14.3 Å². The van der Waals surface area contributed by atoms with Gasteiger partial charge in [0.2, 0.25) is 5.91 Å². The number of pyridine rings is 1. The van der Waals surface area contributed by atoms with Crippen molar-refractivity contribution in [3.8, 4) is 17.2 Å². The van der Waals surface area contributed by atoms with E-state index in [1.807, 2.05) is 43.3 Å². The van der Waals surface area contributed by atoms with E-state index in [1.165, 1.54) is 6.92 Å². The molecule has 8 heteroatoms. The van der Waals surface area contributed by atoms with Crippen molar-refractivity contribution >= 4 is 17.7 Å². The summed E-state index contributed by atoms with van der Waals surface area (Å²) in [4.78, 5) is 28.6. The summed E-state index contributed by atoms with van der Waals surface area (Å²) in [6.45, 7) is 5.62. The van der Waals surface area contributed by atoms with Crippen LogP contribution in [0.5, 0.6) is 0 Å². The van der Waals surface area contributed by atoms with Gasteiger partial charge in [0, 0.05) is 25.0 Å². The molecule has 3 atom stereocenters. The molecular weight excluding hydrogens is 396 g/mol. The van der Waals surface area contributed by atoms with Gasteiger partial charge in [0.05, 0.1) is 38.3 Å². The standard InChI is InChI=1S/C17H17N3O3.C6H9NO/c1-12(21)19-10-16-11-20(17(22)23-16)15-6-4-13(5-7-15)14-3-2-8-18-9-14;1-5-3-8-4-6(5)2-7/h2-9,16H,10-11H2,1H3,(H,19,21);5-6H,3-4H2,1H3/t;5-,6?/m.1/s1. The molecule has 2 unspecified atom stereocenters. The van der Waals surface area contributed by atoms with Gasteiger partial charge in [-0.15, -0.1) is 0 Å². The summed E-state index contributed by atoms with van der Waals surface area (Å²) in [6, 6.07) is 13.7. The maximum atomic E-state index is 12.0. The number of rotatable bonds is 4. The largest absolute Gasteiger partial charge is 0.442 e. The maximum Gasteiger partial charge on any atom is 0.414 e. The molecule has 1 N–H and O–H groups in total. The van der Waals surface area contributed by atoms with Gasteiger partial charge in [0.1, 0.15) is 6.10 Å². The van der Waals surface area contributed by atoms with E-state index in [9.17, 15) is 9.59 Å². The Kier molecular flexibility index (Phi) is 7.57. The second-order valence-corrected chi connectivity index (χ2v) is 7.59. The third-order valence-electron chi connectivity index (χ3n) is 5.16. The quantitative estimate of drug-likeness (QED) is 0.812. The predicted molar refractivity (Wildman–Crippen MR) is 115 cm³/mol. The first kappa shape index (κ1) is 22.2. The van der Waals surface area contributed by atoms with Crippen molar-refractivity contribution in [1.82, 2.24) is 10.3 Å². The zero-order chi connectivity index (χ0) is 22.2. The molecule has 8 nitrogen and oxygen atoms in total. The van der Waals surface area contributed by atoms with E-state index in [0.29, 0.717) is 25.6 Å². The molecule has 1 aromatic carbocycles. The number of nitrogens with one attached hydrogen (secondary N) is 1.